The van der Waals surface area contributed by atoms with Gasteiger partial charge < -0.3 is 19.9 Å². The highest BCUT2D eigenvalue weighted by Gasteiger charge is 2.49. The fraction of sp³-hybridized carbons (Fsp3) is 0.545. The van der Waals surface area contributed by atoms with Crippen LogP contribution in [0.5, 0.6) is 0 Å². The maximum Gasteiger partial charge on any atom is 0.247 e. The van der Waals surface area contributed by atoms with Crippen LogP contribution in [-0.2, 0) is 32.0 Å². The maximum absolute atomic E-state index is 15.7. The molecule has 7 nitrogen and oxygen atoms in total. The molecule has 0 aromatic heterocycles. The molecule has 2 aromatic carbocycles. The van der Waals surface area contributed by atoms with Gasteiger partial charge in [-0.2, -0.15) is 0 Å². The van der Waals surface area contributed by atoms with Crippen molar-refractivity contribution < 1.29 is 23.5 Å². The number of nitrogens with one attached hydrogen (secondary N) is 1. The lowest BCUT2D eigenvalue weighted by Crippen LogP contribution is -2.66. The molecule has 0 unspecified atom stereocenters. The maximum atomic E-state index is 15.7. The van der Waals surface area contributed by atoms with E-state index in [1.54, 1.807) is 12.1 Å². The third-order valence-corrected chi connectivity index (χ3v) is 8.54. The largest absolute Gasteiger partial charge is 0.378 e. The zero-order valence-corrected chi connectivity index (χ0v) is 24.6. The van der Waals surface area contributed by atoms with Crippen LogP contribution in [0.25, 0.3) is 0 Å². The molecule has 41 heavy (non-hydrogen) atoms. The Morgan fingerprint density at radius 1 is 1.00 bits per heavy atom. The molecular formula is C33H42FN3O4. The molecule has 2 amide bonds. The quantitative estimate of drug-likeness (QED) is 0.487. The number of anilines is 1. The molecule has 8 heteroatoms. The lowest BCUT2D eigenvalue weighted by molar-refractivity contribution is -0.157. The molecule has 3 atom stereocenters. The summed E-state index contributed by atoms with van der Waals surface area (Å²) in [5, 5.41) is 3.04. The average Bonchev–Trinajstić information content (AvgIpc) is 3.36. The number of hydrogen-bond donors (Lipinski definition) is 1. The van der Waals surface area contributed by atoms with Crippen molar-refractivity contribution in [3.63, 3.8) is 0 Å². The van der Waals surface area contributed by atoms with Gasteiger partial charge in [-0.25, -0.2) is 4.39 Å². The zero-order valence-electron chi connectivity index (χ0n) is 24.6. The average molecular weight is 564 g/mol. The summed E-state index contributed by atoms with van der Waals surface area (Å²) in [4.78, 5) is 45.6. The number of carbonyl (C=O) groups excluding carboxylic acids is 3. The summed E-state index contributed by atoms with van der Waals surface area (Å²) >= 11 is 0. The van der Waals surface area contributed by atoms with Crippen molar-refractivity contribution in [2.75, 3.05) is 31.2 Å². The molecule has 3 aliphatic rings. The fourth-order valence-corrected chi connectivity index (χ4v) is 6.64. The summed E-state index contributed by atoms with van der Waals surface area (Å²) in [5.41, 5.74) is 3.23. The Hall–Kier alpha value is -3.26. The molecule has 1 N–H and O–H groups in total. The summed E-state index contributed by atoms with van der Waals surface area (Å²) in [7, 11) is 0. The van der Waals surface area contributed by atoms with E-state index in [4.69, 9.17) is 4.74 Å². The molecule has 1 aliphatic carbocycles. The molecule has 0 saturated carbocycles. The smallest absolute Gasteiger partial charge is 0.247 e. The van der Waals surface area contributed by atoms with E-state index in [0.717, 1.165) is 0 Å². The van der Waals surface area contributed by atoms with E-state index in [-0.39, 0.29) is 41.8 Å². The molecule has 2 fully saturated rings. The van der Waals surface area contributed by atoms with E-state index in [0.29, 0.717) is 56.8 Å². The minimum Gasteiger partial charge on any atom is -0.378 e. The van der Waals surface area contributed by atoms with Crippen LogP contribution in [0.2, 0.25) is 0 Å². The van der Waals surface area contributed by atoms with Gasteiger partial charge in [0.05, 0.1) is 18.9 Å². The second kappa shape index (κ2) is 12.3. The topological polar surface area (TPSA) is 79.0 Å². The molecule has 220 valence electrons. The van der Waals surface area contributed by atoms with E-state index in [1.165, 1.54) is 22.1 Å². The molecule has 2 aromatic rings. The van der Waals surface area contributed by atoms with Crippen LogP contribution in [0.15, 0.2) is 42.5 Å². The predicted octanol–water partition coefficient (Wildman–Crippen LogP) is 4.48. The van der Waals surface area contributed by atoms with Crippen molar-refractivity contribution in [3.05, 3.63) is 65.0 Å². The molecule has 0 radical (unpaired) electrons. The van der Waals surface area contributed by atoms with Crippen LogP contribution >= 0.6 is 0 Å². The Labute approximate surface area is 242 Å². The summed E-state index contributed by atoms with van der Waals surface area (Å²) in [6.45, 7) is 10.1. The van der Waals surface area contributed by atoms with Gasteiger partial charge in [-0.05, 0) is 65.8 Å². The monoisotopic (exact) mass is 563 g/mol. The number of nitrogens with zero attached hydrogens (tertiary/aromatic N) is 2. The third kappa shape index (κ3) is 6.17. The van der Waals surface area contributed by atoms with Gasteiger partial charge in [0.2, 0.25) is 11.8 Å². The van der Waals surface area contributed by atoms with Crippen LogP contribution < -0.4 is 10.2 Å². The van der Waals surface area contributed by atoms with Gasteiger partial charge in [0.25, 0.3) is 0 Å². The summed E-state index contributed by atoms with van der Waals surface area (Å²) in [6.07, 6.45) is 2.00. The molecule has 0 bridgehead atoms. The Balaban J connectivity index is 1.53. The first kappa shape index (κ1) is 29.2. The first-order valence-corrected chi connectivity index (χ1v) is 15.0. The third-order valence-electron chi connectivity index (χ3n) is 8.54. The Morgan fingerprint density at radius 2 is 1.66 bits per heavy atom. The van der Waals surface area contributed by atoms with E-state index < -0.39 is 23.9 Å². The molecule has 0 spiro atoms. The number of rotatable bonds is 9. The number of benzene rings is 2. The van der Waals surface area contributed by atoms with E-state index in [9.17, 15) is 14.4 Å². The minimum absolute atomic E-state index is 0.0415. The second-order valence-corrected chi connectivity index (χ2v) is 12.6. The lowest BCUT2D eigenvalue weighted by Gasteiger charge is -2.45. The highest BCUT2D eigenvalue weighted by molar-refractivity contribution is 6.00. The Kier molecular flexibility index (Phi) is 8.78. The number of amides is 2. The van der Waals surface area contributed by atoms with Crippen LogP contribution in [0.3, 0.4) is 0 Å². The van der Waals surface area contributed by atoms with Crippen LogP contribution in [0.1, 0.15) is 63.3 Å². The number of hydrogen-bond acceptors (Lipinski definition) is 5. The highest BCUT2D eigenvalue weighted by atomic mass is 19.1. The lowest BCUT2D eigenvalue weighted by atomic mass is 9.86. The van der Waals surface area contributed by atoms with E-state index >= 15 is 4.39 Å². The zero-order chi connectivity index (χ0) is 29.3. The van der Waals surface area contributed by atoms with Crippen molar-refractivity contribution in [2.24, 2.45) is 17.8 Å². The van der Waals surface area contributed by atoms with Crippen LogP contribution in [0.4, 0.5) is 10.1 Å². The standard InChI is InChI=1S/C33H42FN3O4/c1-20(2)15-28-32(39)35-30(25-17-22-7-5-6-8-23(22)18-25)33(40)37(28)31(29(38)16-21(3)4)24-9-10-27(26(34)19-24)36-11-13-41-14-12-36/h5-10,19-21,25,28,30-31H,11-18H2,1-4H3,(H,35,39)/t28-,30-,31-/m1/s1. The van der Waals surface area contributed by atoms with Gasteiger partial charge in [0, 0.05) is 19.5 Å². The molecule has 2 heterocycles. The van der Waals surface area contributed by atoms with Gasteiger partial charge in [0.1, 0.15) is 23.9 Å². The number of ether oxygens (including phenoxy) is 1. The number of ketones is 1. The van der Waals surface area contributed by atoms with Crippen LogP contribution in [0, 0.1) is 23.6 Å². The molecule has 2 aliphatic heterocycles. The summed E-state index contributed by atoms with van der Waals surface area (Å²) in [6, 6.07) is 10.4. The molecule has 5 rings (SSSR count). The first-order chi connectivity index (χ1) is 19.6. The van der Waals surface area contributed by atoms with Crippen molar-refractivity contribution in [2.45, 2.75) is 71.5 Å². The van der Waals surface area contributed by atoms with Crippen molar-refractivity contribution in [1.82, 2.24) is 10.2 Å². The second-order valence-electron chi connectivity index (χ2n) is 12.6. The number of halogens is 1. The van der Waals surface area contributed by atoms with Gasteiger partial charge in [0.15, 0.2) is 5.78 Å². The van der Waals surface area contributed by atoms with Crippen molar-refractivity contribution in [1.29, 1.82) is 0 Å². The summed E-state index contributed by atoms with van der Waals surface area (Å²) in [5.74, 6) is -1.07. The van der Waals surface area contributed by atoms with Crippen molar-refractivity contribution >= 4 is 23.3 Å². The number of morpholine rings is 1. The highest BCUT2D eigenvalue weighted by Crippen LogP contribution is 2.37. The van der Waals surface area contributed by atoms with Gasteiger partial charge in [-0.3, -0.25) is 14.4 Å². The van der Waals surface area contributed by atoms with Crippen molar-refractivity contribution in [3.8, 4) is 0 Å². The van der Waals surface area contributed by atoms with E-state index in [1.807, 2.05) is 44.7 Å². The summed E-state index contributed by atoms with van der Waals surface area (Å²) < 4.78 is 21.1. The van der Waals surface area contributed by atoms with E-state index in [2.05, 4.69) is 17.4 Å². The Bertz CT molecular complexity index is 1260. The van der Waals surface area contributed by atoms with Crippen LogP contribution in [-0.4, -0.2) is 60.9 Å². The number of Topliss-reactive ketones (excluding diaryl/α,β-unsaturated/α-hetero) is 1. The van der Waals surface area contributed by atoms with Gasteiger partial charge in [-0.1, -0.05) is 58.0 Å². The number of fused-ring (bicyclic) bond motifs is 1. The fourth-order valence-electron chi connectivity index (χ4n) is 6.64. The Morgan fingerprint density at radius 3 is 2.24 bits per heavy atom. The number of piperazine rings is 1. The predicted molar refractivity (Wildman–Crippen MR) is 156 cm³/mol. The first-order valence-electron chi connectivity index (χ1n) is 15.0. The minimum atomic E-state index is -1.04. The van der Waals surface area contributed by atoms with Gasteiger partial charge >= 0.3 is 0 Å². The van der Waals surface area contributed by atoms with Gasteiger partial charge in [-0.15, -0.1) is 0 Å². The number of carbonyl (C=O) groups is 3. The molecule has 2 saturated heterocycles. The normalized spacial score (nSPS) is 22.3. The SMILES string of the molecule is CC(C)CC(=O)[C@@H](c1ccc(N2CCOCC2)c(F)c1)N1C(=O)[C@@H](C2Cc3ccccc3C2)NC(=O)[C@H]1CC(C)C. The molecular weight excluding hydrogens is 521 g/mol.